The molecule has 1 unspecified atom stereocenters. The summed E-state index contributed by atoms with van der Waals surface area (Å²) in [5, 5.41) is 11.7. The number of aliphatic carboxylic acids is 1. The van der Waals surface area contributed by atoms with Gasteiger partial charge in [0.15, 0.2) is 0 Å². The Hall–Kier alpha value is -2.82. The highest BCUT2D eigenvalue weighted by Crippen LogP contribution is 2.18. The summed E-state index contributed by atoms with van der Waals surface area (Å²) in [7, 11) is 0. The van der Waals surface area contributed by atoms with E-state index in [1.54, 1.807) is 6.07 Å². The highest BCUT2D eigenvalue weighted by molar-refractivity contribution is 5.72. The number of alkyl carbamates (subject to hydrolysis) is 1. The van der Waals surface area contributed by atoms with Crippen LogP contribution in [-0.4, -0.2) is 17.2 Å². The summed E-state index contributed by atoms with van der Waals surface area (Å²) in [6.45, 7) is 2.05. The van der Waals surface area contributed by atoms with Crippen molar-refractivity contribution in [3.63, 3.8) is 0 Å². The fourth-order valence-corrected chi connectivity index (χ4v) is 2.22. The molecule has 0 fully saturated rings. The van der Waals surface area contributed by atoms with Gasteiger partial charge in [0, 0.05) is 0 Å². The Morgan fingerprint density at radius 1 is 1.13 bits per heavy atom. The van der Waals surface area contributed by atoms with Crippen molar-refractivity contribution >= 4 is 12.1 Å². The maximum absolute atomic E-state index is 11.9. The van der Waals surface area contributed by atoms with Crippen molar-refractivity contribution in [3.8, 4) is 0 Å². The zero-order valence-electron chi connectivity index (χ0n) is 12.9. The van der Waals surface area contributed by atoms with Crippen LogP contribution in [0.25, 0.3) is 0 Å². The first kappa shape index (κ1) is 16.5. The lowest BCUT2D eigenvalue weighted by atomic mass is 10.0. The van der Waals surface area contributed by atoms with E-state index >= 15 is 0 Å². The van der Waals surface area contributed by atoms with Gasteiger partial charge in [-0.2, -0.15) is 0 Å². The molecule has 0 spiro atoms. The topological polar surface area (TPSA) is 75.6 Å². The van der Waals surface area contributed by atoms with Crippen LogP contribution in [0.5, 0.6) is 0 Å². The quantitative estimate of drug-likeness (QED) is 0.856. The molecule has 5 nitrogen and oxygen atoms in total. The Kier molecular flexibility index (Phi) is 5.74. The Morgan fingerprint density at radius 3 is 2.52 bits per heavy atom. The van der Waals surface area contributed by atoms with E-state index in [9.17, 15) is 9.59 Å². The van der Waals surface area contributed by atoms with Crippen molar-refractivity contribution in [2.24, 2.45) is 0 Å². The molecule has 1 atom stereocenters. The maximum atomic E-state index is 11.9. The van der Waals surface area contributed by atoms with Gasteiger partial charge in [0.1, 0.15) is 6.61 Å². The van der Waals surface area contributed by atoms with Gasteiger partial charge in [-0.1, -0.05) is 60.2 Å². The van der Waals surface area contributed by atoms with Gasteiger partial charge in [0.2, 0.25) is 0 Å². The second-order valence-electron chi connectivity index (χ2n) is 5.27. The number of carbonyl (C=O) groups is 2. The van der Waals surface area contributed by atoms with E-state index in [2.05, 4.69) is 5.32 Å². The summed E-state index contributed by atoms with van der Waals surface area (Å²) in [4.78, 5) is 23.0. The number of aryl methyl sites for hydroxylation is 1. The minimum absolute atomic E-state index is 0.139. The van der Waals surface area contributed by atoms with Crippen LogP contribution < -0.4 is 5.32 Å². The van der Waals surface area contributed by atoms with Gasteiger partial charge >= 0.3 is 12.1 Å². The predicted octanol–water partition coefficient (Wildman–Crippen LogP) is 3.44. The molecule has 0 aliphatic carbocycles. The van der Waals surface area contributed by atoms with Gasteiger partial charge in [-0.25, -0.2) is 4.79 Å². The number of hydrogen-bond acceptors (Lipinski definition) is 3. The standard InChI is InChI=1S/C18H19NO4/c1-13-6-5-9-15(10-13)16(11-17(20)21)19-18(22)23-12-14-7-3-2-4-8-14/h2-10,16H,11-12H2,1H3,(H,19,22)(H,20,21). The second kappa shape index (κ2) is 7.98. The van der Waals surface area contributed by atoms with Crippen LogP contribution in [0.1, 0.15) is 29.2 Å². The van der Waals surface area contributed by atoms with Gasteiger partial charge in [0.25, 0.3) is 0 Å². The number of nitrogens with one attached hydrogen (secondary N) is 1. The fourth-order valence-electron chi connectivity index (χ4n) is 2.22. The minimum atomic E-state index is -0.986. The normalized spacial score (nSPS) is 11.5. The van der Waals surface area contributed by atoms with Crippen LogP contribution in [0.3, 0.4) is 0 Å². The van der Waals surface area contributed by atoms with Crippen LogP contribution in [0.4, 0.5) is 4.79 Å². The van der Waals surface area contributed by atoms with Gasteiger partial charge in [-0.05, 0) is 18.1 Å². The summed E-state index contributed by atoms with van der Waals surface area (Å²) >= 11 is 0. The van der Waals surface area contributed by atoms with Crippen molar-refractivity contribution in [2.45, 2.75) is 26.0 Å². The monoisotopic (exact) mass is 313 g/mol. The third kappa shape index (κ3) is 5.47. The SMILES string of the molecule is Cc1cccc(C(CC(=O)O)NC(=O)OCc2ccccc2)c1. The number of carboxylic acid groups (broad SMARTS) is 1. The minimum Gasteiger partial charge on any atom is -0.481 e. The van der Waals surface area contributed by atoms with Crippen LogP contribution in [0.2, 0.25) is 0 Å². The number of carbonyl (C=O) groups excluding carboxylic acids is 1. The lowest BCUT2D eigenvalue weighted by molar-refractivity contribution is -0.137. The van der Waals surface area contributed by atoms with Crippen LogP contribution in [-0.2, 0) is 16.1 Å². The third-order valence-electron chi connectivity index (χ3n) is 3.33. The molecule has 5 heteroatoms. The lowest BCUT2D eigenvalue weighted by Gasteiger charge is -2.18. The van der Waals surface area contributed by atoms with Crippen LogP contribution in [0, 0.1) is 6.92 Å². The molecule has 2 aromatic rings. The summed E-state index contributed by atoms with van der Waals surface area (Å²) < 4.78 is 5.15. The van der Waals surface area contributed by atoms with Crippen molar-refractivity contribution in [3.05, 3.63) is 71.3 Å². The van der Waals surface area contributed by atoms with Gasteiger partial charge < -0.3 is 15.2 Å². The van der Waals surface area contributed by atoms with E-state index in [0.717, 1.165) is 16.7 Å². The largest absolute Gasteiger partial charge is 0.481 e. The predicted molar refractivity (Wildman–Crippen MR) is 85.9 cm³/mol. The van der Waals surface area contributed by atoms with E-state index in [-0.39, 0.29) is 13.0 Å². The molecule has 0 aliphatic rings. The van der Waals surface area contributed by atoms with Gasteiger partial charge in [0.05, 0.1) is 12.5 Å². The summed E-state index contributed by atoms with van der Waals surface area (Å²) in [6, 6.07) is 16.0. The Balaban J connectivity index is 1.99. The first-order valence-corrected chi connectivity index (χ1v) is 7.30. The first-order valence-electron chi connectivity index (χ1n) is 7.30. The summed E-state index contributed by atoms with van der Waals surface area (Å²) in [5.41, 5.74) is 2.61. The number of amides is 1. The molecule has 0 bridgehead atoms. The summed E-state index contributed by atoms with van der Waals surface area (Å²) in [6.07, 6.45) is -0.842. The van der Waals surface area contributed by atoms with Crippen LogP contribution in [0.15, 0.2) is 54.6 Å². The zero-order chi connectivity index (χ0) is 16.7. The first-order chi connectivity index (χ1) is 11.0. The van der Waals surface area contributed by atoms with Crippen molar-refractivity contribution in [1.82, 2.24) is 5.32 Å². The molecule has 0 saturated carbocycles. The maximum Gasteiger partial charge on any atom is 0.407 e. The Morgan fingerprint density at radius 2 is 1.87 bits per heavy atom. The number of rotatable bonds is 6. The molecule has 0 radical (unpaired) electrons. The van der Waals surface area contributed by atoms with E-state index in [1.807, 2.05) is 55.5 Å². The van der Waals surface area contributed by atoms with Crippen LogP contribution >= 0.6 is 0 Å². The molecule has 23 heavy (non-hydrogen) atoms. The Bertz CT molecular complexity index is 670. The molecule has 0 aromatic heterocycles. The fraction of sp³-hybridized carbons (Fsp3) is 0.222. The Labute approximate surface area is 134 Å². The number of carboxylic acids is 1. The third-order valence-corrected chi connectivity index (χ3v) is 3.33. The summed E-state index contributed by atoms with van der Waals surface area (Å²) in [5.74, 6) is -0.986. The van der Waals surface area contributed by atoms with Gasteiger partial charge in [-0.15, -0.1) is 0 Å². The average molecular weight is 313 g/mol. The average Bonchev–Trinajstić information content (AvgIpc) is 2.53. The van der Waals surface area contributed by atoms with E-state index in [1.165, 1.54) is 0 Å². The molecule has 1 amide bonds. The smallest absolute Gasteiger partial charge is 0.407 e. The number of ether oxygens (including phenoxy) is 1. The lowest BCUT2D eigenvalue weighted by Crippen LogP contribution is -2.30. The molecule has 2 rings (SSSR count). The van der Waals surface area contributed by atoms with E-state index < -0.39 is 18.1 Å². The molecule has 2 N–H and O–H groups in total. The van der Waals surface area contributed by atoms with E-state index in [4.69, 9.17) is 9.84 Å². The molecule has 0 saturated heterocycles. The second-order valence-corrected chi connectivity index (χ2v) is 5.27. The molecule has 120 valence electrons. The number of hydrogen-bond donors (Lipinski definition) is 2. The van der Waals surface area contributed by atoms with Gasteiger partial charge in [-0.3, -0.25) is 4.79 Å². The highest BCUT2D eigenvalue weighted by atomic mass is 16.5. The highest BCUT2D eigenvalue weighted by Gasteiger charge is 2.19. The molecular formula is C18H19NO4. The molecule has 0 heterocycles. The molecular weight excluding hydrogens is 294 g/mol. The molecule has 0 aliphatic heterocycles. The number of benzene rings is 2. The van der Waals surface area contributed by atoms with Crippen molar-refractivity contribution < 1.29 is 19.4 Å². The molecule has 2 aromatic carbocycles. The van der Waals surface area contributed by atoms with Crippen molar-refractivity contribution in [1.29, 1.82) is 0 Å². The zero-order valence-corrected chi connectivity index (χ0v) is 12.9. The van der Waals surface area contributed by atoms with Crippen molar-refractivity contribution in [2.75, 3.05) is 0 Å². The van der Waals surface area contributed by atoms with E-state index in [0.29, 0.717) is 0 Å².